The molecule has 0 aromatic carbocycles. The van der Waals surface area contributed by atoms with E-state index >= 15 is 0 Å². The van der Waals surface area contributed by atoms with Gasteiger partial charge in [-0.3, -0.25) is 4.57 Å². The molecular formula is C5H14NO2P. The number of nitrogens with two attached hydrogens (primary N) is 1. The lowest BCUT2D eigenvalue weighted by atomic mass is 10.2. The van der Waals surface area contributed by atoms with Gasteiger partial charge in [0.1, 0.15) is 0 Å². The second-order valence-electron chi connectivity index (χ2n) is 2.26. The summed E-state index contributed by atoms with van der Waals surface area (Å²) in [5, 5.41) is 0. The quantitative estimate of drug-likeness (QED) is 0.577. The Kier molecular flexibility index (Phi) is 5.06. The van der Waals surface area contributed by atoms with Crippen LogP contribution in [0.3, 0.4) is 0 Å². The second kappa shape index (κ2) is 4.98. The minimum atomic E-state index is -2.24. The van der Waals surface area contributed by atoms with Gasteiger partial charge in [0.25, 0.3) is 0 Å². The van der Waals surface area contributed by atoms with Gasteiger partial charge < -0.3 is 10.6 Å². The zero-order valence-electron chi connectivity index (χ0n) is 5.63. The minimum absolute atomic E-state index is 0.159. The minimum Gasteiger partial charge on any atom is -0.346 e. The zero-order valence-corrected chi connectivity index (χ0v) is 6.63. The zero-order chi connectivity index (χ0) is 7.28. The molecule has 0 heterocycles. The van der Waals surface area contributed by atoms with Crippen LogP contribution < -0.4 is 5.73 Å². The van der Waals surface area contributed by atoms with Crippen molar-refractivity contribution in [1.29, 1.82) is 0 Å². The Labute approximate surface area is 56.1 Å². The van der Waals surface area contributed by atoms with Gasteiger partial charge in [0.15, 0.2) is 8.03 Å². The average molecular weight is 151 g/mol. The van der Waals surface area contributed by atoms with E-state index in [9.17, 15) is 4.57 Å². The van der Waals surface area contributed by atoms with Crippen molar-refractivity contribution in [3.05, 3.63) is 0 Å². The molecular weight excluding hydrogens is 137 g/mol. The maximum atomic E-state index is 10.1. The molecule has 0 radical (unpaired) electrons. The molecule has 0 aliphatic rings. The first kappa shape index (κ1) is 9.15. The van der Waals surface area contributed by atoms with Crippen LogP contribution in [0.5, 0.6) is 0 Å². The maximum Gasteiger partial charge on any atom is 0.189 e. The largest absolute Gasteiger partial charge is 0.346 e. The van der Waals surface area contributed by atoms with Crippen molar-refractivity contribution in [2.45, 2.75) is 25.8 Å². The van der Waals surface area contributed by atoms with Crippen molar-refractivity contribution in [3.8, 4) is 0 Å². The third-order valence-corrected chi connectivity index (χ3v) is 1.83. The van der Waals surface area contributed by atoms with Crippen LogP contribution in [-0.4, -0.2) is 17.1 Å². The summed E-state index contributed by atoms with van der Waals surface area (Å²) < 4.78 is 10.1. The highest BCUT2D eigenvalue weighted by Gasteiger charge is 1.95. The number of hydrogen-bond donors (Lipinski definition) is 2. The predicted octanol–water partition coefficient (Wildman–Crippen LogP) is 0.581. The first-order valence-electron chi connectivity index (χ1n) is 3.10. The van der Waals surface area contributed by atoms with E-state index in [0.717, 1.165) is 12.8 Å². The van der Waals surface area contributed by atoms with Crippen LogP contribution in [0.15, 0.2) is 0 Å². The topological polar surface area (TPSA) is 63.3 Å². The molecule has 4 heteroatoms. The summed E-state index contributed by atoms with van der Waals surface area (Å²) in [5.74, 6) is 0. The summed E-state index contributed by atoms with van der Waals surface area (Å²) in [6, 6.07) is 0.159. The van der Waals surface area contributed by atoms with Crippen LogP contribution in [0, 0.1) is 0 Å². The Morgan fingerprint density at radius 1 is 1.78 bits per heavy atom. The van der Waals surface area contributed by atoms with Crippen molar-refractivity contribution in [2.75, 3.05) is 6.16 Å². The lowest BCUT2D eigenvalue weighted by Crippen LogP contribution is -2.14. The third kappa shape index (κ3) is 8.15. The molecule has 0 aliphatic heterocycles. The summed E-state index contributed by atoms with van der Waals surface area (Å²) in [7, 11) is -2.24. The molecule has 0 aromatic heterocycles. The fourth-order valence-corrected chi connectivity index (χ4v) is 1.08. The van der Waals surface area contributed by atoms with Gasteiger partial charge in [0.2, 0.25) is 0 Å². The molecule has 3 N–H and O–H groups in total. The van der Waals surface area contributed by atoms with Gasteiger partial charge in [-0.05, 0) is 19.8 Å². The Hall–Kier alpha value is 0.150. The summed E-state index contributed by atoms with van der Waals surface area (Å²) >= 11 is 0. The van der Waals surface area contributed by atoms with E-state index in [2.05, 4.69) is 0 Å². The van der Waals surface area contributed by atoms with Gasteiger partial charge in [-0.2, -0.15) is 0 Å². The first-order chi connectivity index (χ1) is 4.13. The van der Waals surface area contributed by atoms with Gasteiger partial charge in [0, 0.05) is 12.2 Å². The molecule has 0 fully saturated rings. The fourth-order valence-electron chi connectivity index (χ4n) is 0.575. The standard InChI is InChI=1S/C5H14NO2P/c1-5(6)3-2-4-9(7)8/h5,9H,2-4,6H2,1H3,(H,7,8)/t5-/m1/s1. The Morgan fingerprint density at radius 3 is 2.67 bits per heavy atom. The number of rotatable bonds is 4. The van der Waals surface area contributed by atoms with E-state index < -0.39 is 8.03 Å². The van der Waals surface area contributed by atoms with Crippen molar-refractivity contribution in [3.63, 3.8) is 0 Å². The normalized spacial score (nSPS) is 17.2. The van der Waals surface area contributed by atoms with Crippen molar-refractivity contribution >= 4 is 8.03 Å². The maximum absolute atomic E-state index is 10.1. The lowest BCUT2D eigenvalue weighted by Gasteiger charge is -2.00. The summed E-state index contributed by atoms with van der Waals surface area (Å²) in [4.78, 5) is 8.37. The molecule has 0 aliphatic carbocycles. The van der Waals surface area contributed by atoms with Crippen molar-refractivity contribution in [2.24, 2.45) is 5.73 Å². The van der Waals surface area contributed by atoms with E-state index in [1.807, 2.05) is 6.92 Å². The van der Waals surface area contributed by atoms with Crippen LogP contribution in [0.2, 0.25) is 0 Å². The fraction of sp³-hybridized carbons (Fsp3) is 1.00. The van der Waals surface area contributed by atoms with Crippen LogP contribution in [0.1, 0.15) is 19.8 Å². The van der Waals surface area contributed by atoms with E-state index in [4.69, 9.17) is 10.6 Å². The van der Waals surface area contributed by atoms with Crippen molar-refractivity contribution in [1.82, 2.24) is 0 Å². The van der Waals surface area contributed by atoms with E-state index in [1.54, 1.807) is 0 Å². The van der Waals surface area contributed by atoms with Gasteiger partial charge >= 0.3 is 0 Å². The molecule has 0 amide bonds. The Balaban J connectivity index is 3.01. The van der Waals surface area contributed by atoms with Gasteiger partial charge in [-0.1, -0.05) is 0 Å². The molecule has 0 saturated heterocycles. The molecule has 3 nitrogen and oxygen atoms in total. The molecule has 56 valence electrons. The molecule has 0 rings (SSSR count). The lowest BCUT2D eigenvalue weighted by molar-refractivity contribution is 0.498. The molecule has 2 atom stereocenters. The molecule has 0 aromatic rings. The van der Waals surface area contributed by atoms with E-state index in [0.29, 0.717) is 6.16 Å². The second-order valence-corrected chi connectivity index (χ2v) is 3.55. The van der Waals surface area contributed by atoms with Gasteiger partial charge in [-0.15, -0.1) is 0 Å². The van der Waals surface area contributed by atoms with E-state index in [-0.39, 0.29) is 6.04 Å². The molecule has 9 heavy (non-hydrogen) atoms. The highest BCUT2D eigenvalue weighted by Crippen LogP contribution is 2.14. The Bertz CT molecular complexity index is 95.0. The summed E-state index contributed by atoms with van der Waals surface area (Å²) in [6.07, 6.45) is 2.04. The highest BCUT2D eigenvalue weighted by atomic mass is 31.1. The molecule has 0 spiro atoms. The van der Waals surface area contributed by atoms with Crippen LogP contribution in [-0.2, 0) is 4.57 Å². The van der Waals surface area contributed by atoms with Gasteiger partial charge in [0.05, 0.1) is 0 Å². The average Bonchev–Trinajstić information content (AvgIpc) is 1.63. The van der Waals surface area contributed by atoms with Crippen molar-refractivity contribution < 1.29 is 9.46 Å². The smallest absolute Gasteiger partial charge is 0.189 e. The summed E-state index contributed by atoms with van der Waals surface area (Å²) in [6.45, 7) is 1.90. The third-order valence-electron chi connectivity index (χ3n) is 1.05. The highest BCUT2D eigenvalue weighted by molar-refractivity contribution is 7.37. The monoisotopic (exact) mass is 151 g/mol. The van der Waals surface area contributed by atoms with Crippen LogP contribution in [0.25, 0.3) is 0 Å². The summed E-state index contributed by atoms with van der Waals surface area (Å²) in [5.41, 5.74) is 5.41. The Morgan fingerprint density at radius 2 is 2.33 bits per heavy atom. The predicted molar refractivity (Wildman–Crippen MR) is 39.0 cm³/mol. The first-order valence-corrected chi connectivity index (χ1v) is 4.66. The molecule has 0 bridgehead atoms. The molecule has 0 saturated carbocycles. The molecule has 1 unspecified atom stereocenters. The van der Waals surface area contributed by atoms with E-state index in [1.165, 1.54) is 0 Å². The van der Waals surface area contributed by atoms with Crippen LogP contribution >= 0.6 is 8.03 Å². The van der Waals surface area contributed by atoms with Crippen LogP contribution in [0.4, 0.5) is 0 Å². The van der Waals surface area contributed by atoms with Gasteiger partial charge in [-0.25, -0.2) is 0 Å². The SMILES string of the molecule is C[C@@H](N)CCC[PH](=O)O. The number of hydrogen-bond acceptors (Lipinski definition) is 2.